The number of carboxylic acids is 1. The average molecular weight is 556 g/mol. The zero-order valence-electron chi connectivity index (χ0n) is 22.8. The number of pyridine rings is 1. The lowest BCUT2D eigenvalue weighted by Crippen LogP contribution is -2.35. The van der Waals surface area contributed by atoms with Gasteiger partial charge in [0.1, 0.15) is 11.9 Å². The van der Waals surface area contributed by atoms with E-state index in [1.807, 2.05) is 49.3 Å². The summed E-state index contributed by atoms with van der Waals surface area (Å²) >= 11 is 0. The molecule has 1 atom stereocenters. The predicted octanol–water partition coefficient (Wildman–Crippen LogP) is 3.12. The number of carbonyl (C=O) groups is 1. The molecule has 1 aliphatic heterocycles. The average Bonchev–Trinajstić information content (AvgIpc) is 3.40. The minimum atomic E-state index is -0.805. The van der Waals surface area contributed by atoms with Crippen LogP contribution in [0.1, 0.15) is 18.4 Å². The molecule has 3 N–H and O–H groups in total. The lowest BCUT2D eigenvalue weighted by Gasteiger charge is -2.23. The topological polar surface area (TPSA) is 125 Å². The molecule has 210 valence electrons. The Balaban J connectivity index is 0.00000420. The molecule has 0 bridgehead atoms. The number of hydrogen-bond donors (Lipinski definition) is 3. The van der Waals surface area contributed by atoms with Crippen LogP contribution in [0.15, 0.2) is 42.7 Å². The van der Waals surface area contributed by atoms with Crippen molar-refractivity contribution in [3.8, 4) is 22.8 Å². The van der Waals surface area contributed by atoms with Gasteiger partial charge >= 0.3 is 5.97 Å². The smallest absolute Gasteiger partial charge is 0.320 e. The molecule has 1 fully saturated rings. The number of ether oxygens (including phenoxy) is 2. The summed E-state index contributed by atoms with van der Waals surface area (Å²) in [5.74, 6) is 1.60. The maximum Gasteiger partial charge on any atom is 0.320 e. The fourth-order valence-electron chi connectivity index (χ4n) is 4.64. The fraction of sp³-hybridized carbons (Fsp3) is 0.407. The second-order valence-electron chi connectivity index (χ2n) is 9.16. The lowest BCUT2D eigenvalue weighted by atomic mass is 10.1. The molecule has 0 amide bonds. The van der Waals surface area contributed by atoms with Gasteiger partial charge in [-0.1, -0.05) is 0 Å². The van der Waals surface area contributed by atoms with Crippen LogP contribution in [0, 0.1) is 0 Å². The second-order valence-corrected chi connectivity index (χ2v) is 9.16. The summed E-state index contributed by atoms with van der Waals surface area (Å²) in [6.45, 7) is 2.82. The molecule has 39 heavy (non-hydrogen) atoms. The standard InChI is InChI=1S/C27H35N7O4.H2S/c1-28-11-13-33(2)24-15-18(7-9-29-24)21-8-10-30-27(32-21)31-20-14-19(25(38-4)23(16-20)37-3)17-34-12-5-6-22(34)26(35)36;/h7-10,14-16,22,28H,5-6,11-13,17H2,1-4H3,(H,35,36)(H,30,31,32);1H2. The van der Waals surface area contributed by atoms with Gasteiger partial charge in [0, 0.05) is 62.0 Å². The summed E-state index contributed by atoms with van der Waals surface area (Å²) < 4.78 is 11.2. The largest absolute Gasteiger partial charge is 0.493 e. The van der Waals surface area contributed by atoms with E-state index in [1.165, 1.54) is 0 Å². The highest BCUT2D eigenvalue weighted by Crippen LogP contribution is 2.37. The molecule has 1 aromatic carbocycles. The van der Waals surface area contributed by atoms with Gasteiger partial charge in [0.25, 0.3) is 0 Å². The van der Waals surface area contributed by atoms with E-state index >= 15 is 0 Å². The first-order chi connectivity index (χ1) is 18.4. The Morgan fingerprint density at radius 2 is 1.97 bits per heavy atom. The van der Waals surface area contributed by atoms with E-state index in [2.05, 4.69) is 25.5 Å². The van der Waals surface area contributed by atoms with Crippen LogP contribution in [0.5, 0.6) is 11.5 Å². The quantitative estimate of drug-likeness (QED) is 0.305. The number of nitrogens with one attached hydrogen (secondary N) is 2. The Bertz CT molecular complexity index is 1260. The molecule has 1 unspecified atom stereocenters. The molecule has 0 spiro atoms. The molecule has 0 aliphatic carbocycles. The zero-order chi connectivity index (χ0) is 27.1. The van der Waals surface area contributed by atoms with Crippen molar-refractivity contribution in [1.82, 2.24) is 25.2 Å². The number of anilines is 3. The van der Waals surface area contributed by atoms with Gasteiger partial charge in [-0.3, -0.25) is 9.69 Å². The summed E-state index contributed by atoms with van der Waals surface area (Å²) in [5.41, 5.74) is 3.22. The first-order valence-electron chi connectivity index (χ1n) is 12.6. The van der Waals surface area contributed by atoms with Crippen LogP contribution < -0.4 is 25.0 Å². The number of likely N-dealkylation sites (tertiary alicyclic amines) is 1. The highest BCUT2D eigenvalue weighted by atomic mass is 32.1. The number of carboxylic acid groups (broad SMARTS) is 1. The van der Waals surface area contributed by atoms with E-state index in [0.29, 0.717) is 42.6 Å². The third-order valence-corrected chi connectivity index (χ3v) is 6.62. The van der Waals surface area contributed by atoms with Crippen LogP contribution in [-0.2, 0) is 11.3 Å². The number of nitrogens with zero attached hydrogens (tertiary/aromatic N) is 5. The Kier molecular flexibility index (Phi) is 10.7. The molecular weight excluding hydrogens is 518 g/mol. The summed E-state index contributed by atoms with van der Waals surface area (Å²) in [4.78, 5) is 29.4. The van der Waals surface area contributed by atoms with Gasteiger partial charge in [0.05, 0.1) is 19.9 Å². The fourth-order valence-corrected chi connectivity index (χ4v) is 4.64. The number of hydrogen-bond acceptors (Lipinski definition) is 10. The first-order valence-corrected chi connectivity index (χ1v) is 12.6. The SMILES string of the molecule is CNCCN(C)c1cc(-c2ccnc(Nc3cc(CN4CCCC4C(=O)O)c(OC)c(OC)c3)n2)ccn1.S. The van der Waals surface area contributed by atoms with Crippen LogP contribution >= 0.6 is 13.5 Å². The Morgan fingerprint density at radius 1 is 1.18 bits per heavy atom. The number of methoxy groups -OCH3 is 2. The second kappa shape index (κ2) is 14.0. The maximum atomic E-state index is 11.7. The van der Waals surface area contributed by atoms with Crippen molar-refractivity contribution in [1.29, 1.82) is 0 Å². The Morgan fingerprint density at radius 3 is 2.69 bits per heavy atom. The van der Waals surface area contributed by atoms with Crippen LogP contribution in [0.25, 0.3) is 11.3 Å². The highest BCUT2D eigenvalue weighted by Gasteiger charge is 2.31. The molecule has 0 saturated carbocycles. The summed E-state index contributed by atoms with van der Waals surface area (Å²) in [5, 5.41) is 16.0. The molecular formula is C27H37N7O4S. The number of aromatic nitrogens is 3. The van der Waals surface area contributed by atoms with Crippen molar-refractivity contribution < 1.29 is 19.4 Å². The van der Waals surface area contributed by atoms with Crippen molar-refractivity contribution in [2.45, 2.75) is 25.4 Å². The summed E-state index contributed by atoms with van der Waals surface area (Å²) in [6, 6.07) is 9.02. The number of rotatable bonds is 12. The van der Waals surface area contributed by atoms with E-state index in [9.17, 15) is 9.90 Å². The zero-order valence-corrected chi connectivity index (χ0v) is 23.8. The molecule has 11 nitrogen and oxygen atoms in total. The minimum absolute atomic E-state index is 0. The molecule has 1 saturated heterocycles. The van der Waals surface area contributed by atoms with Gasteiger partial charge < -0.3 is 30.1 Å². The summed E-state index contributed by atoms with van der Waals surface area (Å²) in [7, 11) is 7.09. The maximum absolute atomic E-state index is 11.7. The molecule has 3 heterocycles. The third-order valence-electron chi connectivity index (χ3n) is 6.62. The molecule has 2 aromatic heterocycles. The highest BCUT2D eigenvalue weighted by molar-refractivity contribution is 7.59. The minimum Gasteiger partial charge on any atom is -0.493 e. The first kappa shape index (κ1) is 29.9. The van der Waals surface area contributed by atoms with Gasteiger partial charge in [-0.2, -0.15) is 13.5 Å². The van der Waals surface area contributed by atoms with E-state index in [4.69, 9.17) is 14.5 Å². The van der Waals surface area contributed by atoms with Crippen LogP contribution in [0.2, 0.25) is 0 Å². The van der Waals surface area contributed by atoms with Gasteiger partial charge in [-0.15, -0.1) is 0 Å². The van der Waals surface area contributed by atoms with Crippen LogP contribution in [0.4, 0.5) is 17.5 Å². The third kappa shape index (κ3) is 7.28. The molecule has 0 radical (unpaired) electrons. The molecule has 4 rings (SSSR count). The van der Waals surface area contributed by atoms with Crippen LogP contribution in [-0.4, -0.2) is 84.9 Å². The Hall–Kier alpha value is -3.61. The monoisotopic (exact) mass is 555 g/mol. The van der Waals surface area contributed by atoms with Crippen molar-refractivity contribution >= 4 is 36.9 Å². The normalized spacial score (nSPS) is 14.9. The number of aliphatic carboxylic acids is 1. The van der Waals surface area contributed by atoms with Crippen molar-refractivity contribution in [2.24, 2.45) is 0 Å². The Labute approximate surface area is 236 Å². The van der Waals surface area contributed by atoms with Crippen molar-refractivity contribution in [3.63, 3.8) is 0 Å². The van der Waals surface area contributed by atoms with Gasteiger partial charge in [0.15, 0.2) is 11.5 Å². The van der Waals surface area contributed by atoms with Gasteiger partial charge in [-0.25, -0.2) is 15.0 Å². The van der Waals surface area contributed by atoms with Crippen molar-refractivity contribution in [3.05, 3.63) is 48.3 Å². The van der Waals surface area contributed by atoms with E-state index in [-0.39, 0.29) is 13.5 Å². The number of likely N-dealkylation sites (N-methyl/N-ethyl adjacent to an activating group) is 2. The van der Waals surface area contributed by atoms with E-state index < -0.39 is 12.0 Å². The summed E-state index contributed by atoms with van der Waals surface area (Å²) in [6.07, 6.45) is 4.96. The number of benzene rings is 1. The predicted molar refractivity (Wildman–Crippen MR) is 157 cm³/mol. The molecule has 12 heteroatoms. The van der Waals surface area contributed by atoms with Crippen molar-refractivity contribution in [2.75, 3.05) is 58.2 Å². The molecule has 3 aromatic rings. The van der Waals surface area contributed by atoms with Gasteiger partial charge in [-0.05, 0) is 50.7 Å². The van der Waals surface area contributed by atoms with E-state index in [1.54, 1.807) is 26.6 Å². The molecule has 1 aliphatic rings. The van der Waals surface area contributed by atoms with Crippen LogP contribution in [0.3, 0.4) is 0 Å². The lowest BCUT2D eigenvalue weighted by molar-refractivity contribution is -0.142. The van der Waals surface area contributed by atoms with Gasteiger partial charge in [0.2, 0.25) is 5.95 Å². The van der Waals surface area contributed by atoms with E-state index in [0.717, 1.165) is 42.1 Å².